The first-order chi connectivity index (χ1) is 11.9. The standard InChI is InChI=1S/C17H10Cl2F2N2OS/c18-11-2-1-3-12(19)10(11)7-16-22-15(8-25-16)17(24)23-14-5-4-9(20)6-13(14)21/h1-6,8H,7H2,(H,23,24). The molecule has 0 saturated heterocycles. The van der Waals surface area contributed by atoms with E-state index in [0.29, 0.717) is 27.5 Å². The van der Waals surface area contributed by atoms with Crippen LogP contribution in [0.2, 0.25) is 10.0 Å². The monoisotopic (exact) mass is 398 g/mol. The van der Waals surface area contributed by atoms with Crippen LogP contribution < -0.4 is 5.32 Å². The van der Waals surface area contributed by atoms with Gasteiger partial charge in [-0.3, -0.25) is 4.79 Å². The first-order valence-corrected chi connectivity index (χ1v) is 8.71. The number of nitrogens with zero attached hydrogens (tertiary/aromatic N) is 1. The normalized spacial score (nSPS) is 10.7. The fourth-order valence-electron chi connectivity index (χ4n) is 2.13. The van der Waals surface area contributed by atoms with Gasteiger partial charge in [0.1, 0.15) is 17.3 Å². The van der Waals surface area contributed by atoms with Crippen molar-refractivity contribution < 1.29 is 13.6 Å². The third-order valence-corrected chi connectivity index (χ3v) is 4.91. The molecule has 0 radical (unpaired) electrons. The van der Waals surface area contributed by atoms with Crippen molar-refractivity contribution in [2.45, 2.75) is 6.42 Å². The summed E-state index contributed by atoms with van der Waals surface area (Å²) < 4.78 is 26.5. The number of nitrogens with one attached hydrogen (secondary N) is 1. The minimum atomic E-state index is -0.855. The van der Waals surface area contributed by atoms with Gasteiger partial charge in [-0.15, -0.1) is 11.3 Å². The summed E-state index contributed by atoms with van der Waals surface area (Å²) in [5, 5.41) is 5.59. The van der Waals surface area contributed by atoms with Crippen LogP contribution in [0.15, 0.2) is 41.8 Å². The van der Waals surface area contributed by atoms with E-state index >= 15 is 0 Å². The Kier molecular flexibility index (Phi) is 5.32. The zero-order chi connectivity index (χ0) is 18.0. The van der Waals surface area contributed by atoms with Crippen LogP contribution in [0.25, 0.3) is 0 Å². The molecule has 128 valence electrons. The zero-order valence-corrected chi connectivity index (χ0v) is 14.9. The number of benzene rings is 2. The molecule has 3 aromatic rings. The predicted molar refractivity (Wildman–Crippen MR) is 95.7 cm³/mol. The molecule has 0 aliphatic rings. The van der Waals surface area contributed by atoms with Crippen molar-refractivity contribution >= 4 is 46.1 Å². The summed E-state index contributed by atoms with van der Waals surface area (Å²) in [5.74, 6) is -2.16. The summed E-state index contributed by atoms with van der Waals surface area (Å²) >= 11 is 13.5. The molecule has 0 bridgehead atoms. The van der Waals surface area contributed by atoms with Gasteiger partial charge in [0, 0.05) is 27.9 Å². The number of halogens is 4. The van der Waals surface area contributed by atoms with E-state index in [1.165, 1.54) is 11.3 Å². The average molecular weight is 399 g/mol. The average Bonchev–Trinajstić information content (AvgIpc) is 3.02. The van der Waals surface area contributed by atoms with Crippen LogP contribution >= 0.6 is 34.5 Å². The Morgan fingerprint density at radius 1 is 1.16 bits per heavy atom. The first-order valence-electron chi connectivity index (χ1n) is 7.07. The van der Waals surface area contributed by atoms with E-state index < -0.39 is 17.5 Å². The van der Waals surface area contributed by atoms with Gasteiger partial charge in [0.2, 0.25) is 0 Å². The highest BCUT2D eigenvalue weighted by atomic mass is 35.5. The van der Waals surface area contributed by atoms with Gasteiger partial charge in [-0.1, -0.05) is 29.3 Å². The second-order valence-corrected chi connectivity index (χ2v) is 6.84. The van der Waals surface area contributed by atoms with Gasteiger partial charge in [-0.25, -0.2) is 13.8 Å². The largest absolute Gasteiger partial charge is 0.318 e. The number of amides is 1. The van der Waals surface area contributed by atoms with E-state index in [9.17, 15) is 13.6 Å². The summed E-state index contributed by atoms with van der Waals surface area (Å²) in [4.78, 5) is 16.4. The van der Waals surface area contributed by atoms with Gasteiger partial charge in [0.15, 0.2) is 0 Å². The van der Waals surface area contributed by atoms with Crippen molar-refractivity contribution in [1.29, 1.82) is 0 Å². The second-order valence-electron chi connectivity index (χ2n) is 5.08. The number of anilines is 1. The van der Waals surface area contributed by atoms with E-state index in [1.807, 2.05) is 0 Å². The molecule has 1 heterocycles. The molecule has 0 spiro atoms. The van der Waals surface area contributed by atoms with Crippen molar-refractivity contribution in [3.05, 3.63) is 79.7 Å². The molecule has 8 heteroatoms. The number of hydrogen-bond acceptors (Lipinski definition) is 3. The van der Waals surface area contributed by atoms with Gasteiger partial charge in [-0.2, -0.15) is 0 Å². The minimum Gasteiger partial charge on any atom is -0.318 e. The number of hydrogen-bond donors (Lipinski definition) is 1. The molecule has 1 aromatic heterocycles. The highest BCUT2D eigenvalue weighted by Gasteiger charge is 2.15. The third-order valence-electron chi connectivity index (χ3n) is 3.35. The Balaban J connectivity index is 1.75. The van der Waals surface area contributed by atoms with Gasteiger partial charge < -0.3 is 5.32 Å². The molecule has 0 saturated carbocycles. The minimum absolute atomic E-state index is 0.116. The predicted octanol–water partition coefficient (Wildman–Crippen LogP) is 5.57. The van der Waals surface area contributed by atoms with Crippen LogP contribution in [0.5, 0.6) is 0 Å². The Hall–Kier alpha value is -2.02. The summed E-state index contributed by atoms with van der Waals surface area (Å²) in [6.45, 7) is 0. The van der Waals surface area contributed by atoms with Crippen molar-refractivity contribution in [2.24, 2.45) is 0 Å². The van der Waals surface area contributed by atoms with E-state index in [-0.39, 0.29) is 11.4 Å². The summed E-state index contributed by atoms with van der Waals surface area (Å²) in [7, 11) is 0. The Morgan fingerprint density at radius 3 is 2.56 bits per heavy atom. The maximum absolute atomic E-state index is 13.6. The number of aromatic nitrogens is 1. The van der Waals surface area contributed by atoms with Crippen molar-refractivity contribution in [3.63, 3.8) is 0 Å². The van der Waals surface area contributed by atoms with Crippen molar-refractivity contribution in [2.75, 3.05) is 5.32 Å². The Bertz CT molecular complexity index is 926. The molecule has 25 heavy (non-hydrogen) atoms. The molecule has 3 rings (SSSR count). The number of thiazole rings is 1. The first kappa shape index (κ1) is 17.8. The molecular weight excluding hydrogens is 389 g/mol. The van der Waals surface area contributed by atoms with Crippen LogP contribution in [0.4, 0.5) is 14.5 Å². The molecule has 3 nitrogen and oxygen atoms in total. The lowest BCUT2D eigenvalue weighted by atomic mass is 10.1. The number of rotatable bonds is 4. The van der Waals surface area contributed by atoms with Gasteiger partial charge >= 0.3 is 0 Å². The molecular formula is C17H10Cl2F2N2OS. The van der Waals surface area contributed by atoms with E-state index in [2.05, 4.69) is 10.3 Å². The SMILES string of the molecule is O=C(Nc1ccc(F)cc1F)c1csc(Cc2c(Cl)cccc2Cl)n1. The lowest BCUT2D eigenvalue weighted by Crippen LogP contribution is -2.13. The smallest absolute Gasteiger partial charge is 0.275 e. The highest BCUT2D eigenvalue weighted by molar-refractivity contribution is 7.09. The summed E-state index contributed by atoms with van der Waals surface area (Å²) in [6, 6.07) is 8.10. The molecule has 0 fully saturated rings. The molecule has 0 unspecified atom stereocenters. The maximum Gasteiger partial charge on any atom is 0.275 e. The van der Waals surface area contributed by atoms with Crippen LogP contribution in [-0.2, 0) is 6.42 Å². The van der Waals surface area contributed by atoms with Crippen LogP contribution in [0.3, 0.4) is 0 Å². The lowest BCUT2D eigenvalue weighted by Gasteiger charge is -2.05. The zero-order valence-electron chi connectivity index (χ0n) is 12.5. The number of carbonyl (C=O) groups is 1. The van der Waals surface area contributed by atoms with Gasteiger partial charge in [-0.05, 0) is 29.8 Å². The lowest BCUT2D eigenvalue weighted by molar-refractivity contribution is 0.102. The third kappa shape index (κ3) is 4.15. The molecule has 0 aliphatic heterocycles. The quantitative estimate of drug-likeness (QED) is 0.623. The van der Waals surface area contributed by atoms with E-state index in [0.717, 1.165) is 17.7 Å². The van der Waals surface area contributed by atoms with E-state index in [1.54, 1.807) is 23.6 Å². The fraction of sp³-hybridized carbons (Fsp3) is 0.0588. The van der Waals surface area contributed by atoms with Crippen molar-refractivity contribution in [1.82, 2.24) is 4.98 Å². The van der Waals surface area contributed by atoms with Gasteiger partial charge in [0.05, 0.1) is 10.7 Å². The molecule has 1 N–H and O–H groups in total. The molecule has 2 aromatic carbocycles. The molecule has 1 amide bonds. The summed E-state index contributed by atoms with van der Waals surface area (Å²) in [6.07, 6.45) is 0.376. The van der Waals surface area contributed by atoms with Crippen LogP contribution in [0.1, 0.15) is 21.1 Å². The van der Waals surface area contributed by atoms with E-state index in [4.69, 9.17) is 23.2 Å². The fourth-order valence-corrected chi connectivity index (χ4v) is 3.44. The second kappa shape index (κ2) is 7.47. The number of carbonyl (C=O) groups excluding carboxylic acids is 1. The maximum atomic E-state index is 13.6. The highest BCUT2D eigenvalue weighted by Crippen LogP contribution is 2.28. The summed E-state index contributed by atoms with van der Waals surface area (Å²) in [5.41, 5.74) is 0.735. The topological polar surface area (TPSA) is 42.0 Å². The molecule has 0 atom stereocenters. The van der Waals surface area contributed by atoms with Crippen molar-refractivity contribution in [3.8, 4) is 0 Å². The Morgan fingerprint density at radius 2 is 1.88 bits per heavy atom. The molecule has 0 aliphatic carbocycles. The van der Waals surface area contributed by atoms with Gasteiger partial charge in [0.25, 0.3) is 5.91 Å². The van der Waals surface area contributed by atoms with Crippen LogP contribution in [0, 0.1) is 11.6 Å². The Labute approximate surface area is 156 Å². The van der Waals surface area contributed by atoms with Crippen LogP contribution in [-0.4, -0.2) is 10.9 Å².